The predicted octanol–water partition coefficient (Wildman–Crippen LogP) is -0.987. The maximum Gasteiger partial charge on any atom is 0.254 e. The molecular formula is C16H27N5O4S. The van der Waals surface area contributed by atoms with Gasteiger partial charge in [0.15, 0.2) is 0 Å². The molecule has 1 amide bonds. The van der Waals surface area contributed by atoms with E-state index in [4.69, 9.17) is 0 Å². The average Bonchev–Trinajstić information content (AvgIpc) is 2.59. The zero-order valence-electron chi connectivity index (χ0n) is 15.5. The maximum atomic E-state index is 12.1. The van der Waals surface area contributed by atoms with Crippen LogP contribution in [0.25, 0.3) is 0 Å². The number of aryl methyl sites for hydroxylation is 1. The molecule has 0 spiro atoms. The fourth-order valence-electron chi connectivity index (χ4n) is 2.86. The second-order valence-electron chi connectivity index (χ2n) is 6.39. The fraction of sp³-hybridized carbons (Fsp3) is 0.688. The Balaban J connectivity index is 1.75. The van der Waals surface area contributed by atoms with E-state index in [1.54, 1.807) is 20.8 Å². The first kappa shape index (κ1) is 20.5. The minimum Gasteiger partial charge on any atom is -0.354 e. The van der Waals surface area contributed by atoms with Gasteiger partial charge in [0.1, 0.15) is 5.82 Å². The fourth-order valence-corrected chi connectivity index (χ4v) is 3.94. The standard InChI is InChI=1S/C16H27N5O4S/c1-4-26(24,25)21-9-7-20(8-10-21)6-5-17-15(22)11-14-12(2)16(23)19-13(3)18-14/h4-11H2,1-3H3,(H,17,22)(H,18,19,23). The summed E-state index contributed by atoms with van der Waals surface area (Å²) >= 11 is 0. The van der Waals surface area contributed by atoms with Gasteiger partial charge < -0.3 is 10.3 Å². The van der Waals surface area contributed by atoms with Crippen LogP contribution >= 0.6 is 0 Å². The summed E-state index contributed by atoms with van der Waals surface area (Å²) in [6, 6.07) is 0. The molecule has 0 unspecified atom stereocenters. The molecule has 2 N–H and O–H groups in total. The summed E-state index contributed by atoms with van der Waals surface area (Å²) in [5, 5.41) is 2.83. The Labute approximate surface area is 153 Å². The van der Waals surface area contributed by atoms with Gasteiger partial charge in [-0.05, 0) is 20.8 Å². The van der Waals surface area contributed by atoms with Crippen LogP contribution in [0.1, 0.15) is 24.0 Å². The largest absolute Gasteiger partial charge is 0.354 e. The van der Waals surface area contributed by atoms with Crippen molar-refractivity contribution < 1.29 is 13.2 Å². The Bertz CT molecular complexity index is 797. The van der Waals surface area contributed by atoms with E-state index < -0.39 is 10.0 Å². The van der Waals surface area contributed by atoms with E-state index in [9.17, 15) is 18.0 Å². The van der Waals surface area contributed by atoms with Gasteiger partial charge in [0.25, 0.3) is 5.56 Å². The van der Waals surface area contributed by atoms with Crippen molar-refractivity contribution in [3.63, 3.8) is 0 Å². The highest BCUT2D eigenvalue weighted by atomic mass is 32.2. The minimum atomic E-state index is -3.12. The molecule has 2 heterocycles. The van der Waals surface area contributed by atoms with Crippen LogP contribution in [0.3, 0.4) is 0 Å². The summed E-state index contributed by atoms with van der Waals surface area (Å²) in [6.45, 7) is 8.39. The molecule has 0 atom stereocenters. The summed E-state index contributed by atoms with van der Waals surface area (Å²) < 4.78 is 25.2. The number of rotatable bonds is 7. The SMILES string of the molecule is CCS(=O)(=O)N1CCN(CCNC(=O)Cc2nc(C)[nH]c(=O)c2C)CC1. The van der Waals surface area contributed by atoms with Crippen LogP contribution < -0.4 is 10.9 Å². The Kier molecular flexibility index (Phi) is 6.90. The first-order valence-corrected chi connectivity index (χ1v) is 10.4. The van der Waals surface area contributed by atoms with Crippen LogP contribution in [0.15, 0.2) is 4.79 Å². The number of nitrogens with zero attached hydrogens (tertiary/aromatic N) is 3. The molecule has 1 aliphatic heterocycles. The molecule has 0 saturated carbocycles. The van der Waals surface area contributed by atoms with Crippen molar-refractivity contribution in [2.24, 2.45) is 0 Å². The summed E-state index contributed by atoms with van der Waals surface area (Å²) in [4.78, 5) is 32.7. The number of amides is 1. The van der Waals surface area contributed by atoms with Gasteiger partial charge in [-0.2, -0.15) is 4.31 Å². The van der Waals surface area contributed by atoms with Gasteiger partial charge in [-0.3, -0.25) is 14.5 Å². The van der Waals surface area contributed by atoms with E-state index in [1.165, 1.54) is 4.31 Å². The molecule has 146 valence electrons. The van der Waals surface area contributed by atoms with Crippen molar-refractivity contribution in [3.05, 3.63) is 27.4 Å². The van der Waals surface area contributed by atoms with Crippen LogP contribution in [-0.4, -0.2) is 78.5 Å². The zero-order chi connectivity index (χ0) is 19.3. The molecule has 1 fully saturated rings. The molecule has 0 radical (unpaired) electrons. The number of piperazine rings is 1. The topological polar surface area (TPSA) is 115 Å². The molecule has 1 saturated heterocycles. The number of carbonyl (C=O) groups is 1. The van der Waals surface area contributed by atoms with Crippen molar-refractivity contribution in [3.8, 4) is 0 Å². The Morgan fingerprint density at radius 1 is 1.23 bits per heavy atom. The molecule has 0 bridgehead atoms. The first-order valence-electron chi connectivity index (χ1n) is 8.76. The Morgan fingerprint density at radius 2 is 1.88 bits per heavy atom. The van der Waals surface area contributed by atoms with Crippen LogP contribution in [0.4, 0.5) is 0 Å². The first-order chi connectivity index (χ1) is 12.2. The molecule has 9 nitrogen and oxygen atoms in total. The van der Waals surface area contributed by atoms with Crippen LogP contribution in [0.5, 0.6) is 0 Å². The van der Waals surface area contributed by atoms with Crippen LogP contribution in [0, 0.1) is 13.8 Å². The molecule has 2 rings (SSSR count). The van der Waals surface area contributed by atoms with Crippen molar-refractivity contribution >= 4 is 15.9 Å². The number of sulfonamides is 1. The molecule has 0 aromatic carbocycles. The lowest BCUT2D eigenvalue weighted by molar-refractivity contribution is -0.120. The zero-order valence-corrected chi connectivity index (χ0v) is 16.4. The van der Waals surface area contributed by atoms with Gasteiger partial charge >= 0.3 is 0 Å². The number of nitrogens with one attached hydrogen (secondary N) is 2. The van der Waals surface area contributed by atoms with Gasteiger partial charge in [-0.1, -0.05) is 0 Å². The van der Waals surface area contributed by atoms with E-state index >= 15 is 0 Å². The lowest BCUT2D eigenvalue weighted by Gasteiger charge is -2.33. The second-order valence-corrected chi connectivity index (χ2v) is 8.65. The smallest absolute Gasteiger partial charge is 0.254 e. The van der Waals surface area contributed by atoms with Gasteiger partial charge in [-0.15, -0.1) is 0 Å². The summed E-state index contributed by atoms with van der Waals surface area (Å²) in [5.41, 5.74) is 0.723. The van der Waals surface area contributed by atoms with Crippen LogP contribution in [-0.2, 0) is 21.2 Å². The lowest BCUT2D eigenvalue weighted by atomic mass is 10.2. The Morgan fingerprint density at radius 3 is 2.50 bits per heavy atom. The quantitative estimate of drug-likeness (QED) is 0.623. The summed E-state index contributed by atoms with van der Waals surface area (Å²) in [6.07, 6.45) is 0.0686. The molecule has 10 heteroatoms. The molecule has 0 aliphatic carbocycles. The highest BCUT2D eigenvalue weighted by Crippen LogP contribution is 2.07. The summed E-state index contributed by atoms with van der Waals surface area (Å²) in [7, 11) is -3.12. The third-order valence-corrected chi connectivity index (χ3v) is 6.42. The number of aromatic amines is 1. The second kappa shape index (κ2) is 8.74. The molecule has 26 heavy (non-hydrogen) atoms. The average molecular weight is 385 g/mol. The Hall–Kier alpha value is -1.78. The number of hydrogen-bond donors (Lipinski definition) is 2. The van der Waals surface area contributed by atoms with E-state index in [1.807, 2.05) is 0 Å². The lowest BCUT2D eigenvalue weighted by Crippen LogP contribution is -2.50. The third-order valence-electron chi connectivity index (χ3n) is 4.54. The number of carbonyl (C=O) groups excluding carboxylic acids is 1. The highest BCUT2D eigenvalue weighted by molar-refractivity contribution is 7.89. The van der Waals surface area contributed by atoms with E-state index in [-0.39, 0.29) is 23.6 Å². The van der Waals surface area contributed by atoms with Crippen molar-refractivity contribution in [1.82, 2.24) is 24.5 Å². The minimum absolute atomic E-state index is 0.0686. The van der Waals surface area contributed by atoms with Gasteiger partial charge in [0.2, 0.25) is 15.9 Å². The van der Waals surface area contributed by atoms with Crippen molar-refractivity contribution in [2.45, 2.75) is 27.2 Å². The predicted molar refractivity (Wildman–Crippen MR) is 98.5 cm³/mol. The normalized spacial score (nSPS) is 16.6. The van der Waals surface area contributed by atoms with E-state index in [0.717, 1.165) is 0 Å². The van der Waals surface area contributed by atoms with E-state index in [0.29, 0.717) is 56.4 Å². The molecular weight excluding hydrogens is 358 g/mol. The van der Waals surface area contributed by atoms with E-state index in [2.05, 4.69) is 20.2 Å². The van der Waals surface area contributed by atoms with Crippen LogP contribution in [0.2, 0.25) is 0 Å². The third kappa shape index (κ3) is 5.36. The van der Waals surface area contributed by atoms with Crippen molar-refractivity contribution in [1.29, 1.82) is 0 Å². The van der Waals surface area contributed by atoms with Crippen molar-refractivity contribution in [2.75, 3.05) is 45.0 Å². The molecule has 1 aromatic rings. The molecule has 1 aromatic heterocycles. The number of hydrogen-bond acceptors (Lipinski definition) is 6. The van der Waals surface area contributed by atoms with Gasteiger partial charge in [0.05, 0.1) is 17.9 Å². The van der Waals surface area contributed by atoms with Gasteiger partial charge in [0, 0.05) is 44.8 Å². The number of aromatic nitrogens is 2. The number of H-pyrrole nitrogens is 1. The summed E-state index contributed by atoms with van der Waals surface area (Å²) in [5.74, 6) is 0.430. The monoisotopic (exact) mass is 385 g/mol. The highest BCUT2D eigenvalue weighted by Gasteiger charge is 2.25. The van der Waals surface area contributed by atoms with Gasteiger partial charge in [-0.25, -0.2) is 13.4 Å². The molecule has 1 aliphatic rings. The maximum absolute atomic E-state index is 12.1.